The lowest BCUT2D eigenvalue weighted by atomic mass is 10.1. The average molecular weight is 294 g/mol. The molecule has 2 aromatic rings. The van der Waals surface area contributed by atoms with Gasteiger partial charge in [-0.15, -0.1) is 0 Å². The number of nitro groups is 1. The van der Waals surface area contributed by atoms with Crippen molar-refractivity contribution < 1.29 is 9.72 Å². The first-order valence-electron chi connectivity index (χ1n) is 6.93. The first kappa shape index (κ1) is 14.2. The Morgan fingerprint density at radius 3 is 2.41 bits per heavy atom. The van der Waals surface area contributed by atoms with Gasteiger partial charge in [0, 0.05) is 23.7 Å². The summed E-state index contributed by atoms with van der Waals surface area (Å²) in [5, 5.41) is 13.7. The van der Waals surface area contributed by atoms with Crippen molar-refractivity contribution in [2.75, 3.05) is 0 Å². The molecule has 2 aromatic carbocycles. The number of benzene rings is 2. The molecular weight excluding hydrogens is 280 g/mol. The molecule has 22 heavy (non-hydrogen) atoms. The van der Waals surface area contributed by atoms with Crippen molar-refractivity contribution in [1.82, 2.24) is 5.32 Å². The molecule has 1 aliphatic heterocycles. The number of rotatable bonds is 5. The minimum Gasteiger partial charge on any atom is -0.297 e. The van der Waals surface area contributed by atoms with Crippen LogP contribution in [0.5, 0.6) is 0 Å². The third-order valence-electron chi connectivity index (χ3n) is 3.56. The van der Waals surface area contributed by atoms with Gasteiger partial charge in [0.25, 0.3) is 5.69 Å². The van der Waals surface area contributed by atoms with Gasteiger partial charge in [-0.25, -0.2) is 0 Å². The van der Waals surface area contributed by atoms with Crippen molar-refractivity contribution in [1.29, 1.82) is 0 Å². The van der Waals surface area contributed by atoms with E-state index in [0.717, 1.165) is 5.56 Å². The van der Waals surface area contributed by atoms with Gasteiger partial charge in [-0.05, 0) is 17.7 Å². The van der Waals surface area contributed by atoms with E-state index in [-0.39, 0.29) is 23.6 Å². The molecule has 0 bridgehead atoms. The predicted octanol–water partition coefficient (Wildman–Crippen LogP) is 2.83. The van der Waals surface area contributed by atoms with Crippen molar-refractivity contribution in [3.63, 3.8) is 0 Å². The number of nitrogens with zero attached hydrogens (tertiary/aromatic N) is 1. The van der Waals surface area contributed by atoms with E-state index in [9.17, 15) is 14.9 Å². The van der Waals surface area contributed by atoms with Gasteiger partial charge in [-0.2, -0.15) is 0 Å². The number of non-ortho nitro benzene ring substituents is 1. The van der Waals surface area contributed by atoms with Crippen LogP contribution in [0.25, 0.3) is 6.08 Å². The van der Waals surface area contributed by atoms with Gasteiger partial charge in [0.1, 0.15) is 0 Å². The minimum atomic E-state index is -0.426. The van der Waals surface area contributed by atoms with E-state index < -0.39 is 4.92 Å². The molecule has 0 aliphatic carbocycles. The number of Topliss-reactive ketones (excluding diaryl/α,β-unsaturated/α-hetero) is 1. The maximum atomic E-state index is 12.2. The zero-order valence-electron chi connectivity index (χ0n) is 11.7. The summed E-state index contributed by atoms with van der Waals surface area (Å²) in [6, 6.07) is 15.3. The zero-order valence-corrected chi connectivity index (χ0v) is 11.7. The SMILES string of the molecule is O=C(c1ccccc1)[C@H]1N[C@@H]1/C=C/c1ccc([N+](=O)[O-])cc1. The van der Waals surface area contributed by atoms with E-state index >= 15 is 0 Å². The molecule has 0 saturated carbocycles. The van der Waals surface area contributed by atoms with Gasteiger partial charge < -0.3 is 0 Å². The number of carbonyl (C=O) groups excluding carboxylic acids is 1. The van der Waals surface area contributed by atoms with Crippen molar-refractivity contribution in [3.8, 4) is 0 Å². The summed E-state index contributed by atoms with van der Waals surface area (Å²) in [5.41, 5.74) is 1.63. The van der Waals surface area contributed by atoms with Crippen LogP contribution >= 0.6 is 0 Å². The monoisotopic (exact) mass is 294 g/mol. The number of nitrogens with one attached hydrogen (secondary N) is 1. The molecule has 1 aliphatic rings. The number of hydrogen-bond acceptors (Lipinski definition) is 4. The van der Waals surface area contributed by atoms with Crippen molar-refractivity contribution in [2.24, 2.45) is 0 Å². The van der Waals surface area contributed by atoms with Gasteiger partial charge in [-0.3, -0.25) is 20.2 Å². The Morgan fingerprint density at radius 2 is 1.77 bits per heavy atom. The van der Waals surface area contributed by atoms with Crippen LogP contribution in [-0.4, -0.2) is 22.8 Å². The fraction of sp³-hybridized carbons (Fsp3) is 0.118. The minimum absolute atomic E-state index is 0.0166. The smallest absolute Gasteiger partial charge is 0.269 e. The fourth-order valence-electron chi connectivity index (χ4n) is 2.26. The molecule has 0 unspecified atom stereocenters. The molecule has 5 heteroatoms. The van der Waals surface area contributed by atoms with Gasteiger partial charge >= 0.3 is 0 Å². The second kappa shape index (κ2) is 5.91. The Hall–Kier alpha value is -2.79. The van der Waals surface area contributed by atoms with E-state index in [2.05, 4.69) is 5.32 Å². The van der Waals surface area contributed by atoms with E-state index in [1.54, 1.807) is 24.3 Å². The topological polar surface area (TPSA) is 82.2 Å². The first-order valence-corrected chi connectivity index (χ1v) is 6.93. The molecule has 0 aromatic heterocycles. The van der Waals surface area contributed by atoms with Crippen molar-refractivity contribution in [3.05, 3.63) is 81.9 Å². The Labute approximate surface area is 127 Å². The lowest BCUT2D eigenvalue weighted by molar-refractivity contribution is -0.384. The molecule has 0 radical (unpaired) electrons. The van der Waals surface area contributed by atoms with Crippen molar-refractivity contribution in [2.45, 2.75) is 12.1 Å². The third kappa shape index (κ3) is 3.10. The molecule has 1 heterocycles. The molecule has 0 spiro atoms. The van der Waals surface area contributed by atoms with Crippen LogP contribution in [0.3, 0.4) is 0 Å². The molecule has 2 atom stereocenters. The summed E-state index contributed by atoms with van der Waals surface area (Å²) in [4.78, 5) is 22.3. The van der Waals surface area contributed by atoms with Gasteiger partial charge in [0.05, 0.1) is 11.0 Å². The van der Waals surface area contributed by atoms with Gasteiger partial charge in [0.2, 0.25) is 0 Å². The second-order valence-corrected chi connectivity index (χ2v) is 5.11. The van der Waals surface area contributed by atoms with Crippen LogP contribution in [0.2, 0.25) is 0 Å². The summed E-state index contributed by atoms with van der Waals surface area (Å²) in [6.45, 7) is 0. The molecule has 1 saturated heterocycles. The van der Waals surface area contributed by atoms with E-state index in [4.69, 9.17) is 0 Å². The molecule has 3 rings (SSSR count). The summed E-state index contributed by atoms with van der Waals surface area (Å²) >= 11 is 0. The average Bonchev–Trinajstić information content (AvgIpc) is 3.33. The van der Waals surface area contributed by atoms with Gasteiger partial charge in [-0.1, -0.05) is 42.5 Å². The highest BCUT2D eigenvalue weighted by Crippen LogP contribution is 2.20. The summed E-state index contributed by atoms with van der Waals surface area (Å²) in [6.07, 6.45) is 3.77. The number of nitro benzene ring substituents is 1. The Bertz CT molecular complexity index is 723. The second-order valence-electron chi connectivity index (χ2n) is 5.11. The van der Waals surface area contributed by atoms with Crippen LogP contribution in [0.1, 0.15) is 15.9 Å². The Kier molecular flexibility index (Phi) is 3.80. The highest BCUT2D eigenvalue weighted by atomic mass is 16.6. The molecular formula is C17H14N2O3. The number of carbonyl (C=O) groups is 1. The van der Waals surface area contributed by atoms with E-state index in [0.29, 0.717) is 5.56 Å². The predicted molar refractivity (Wildman–Crippen MR) is 83.6 cm³/mol. The van der Waals surface area contributed by atoms with Crippen LogP contribution in [0, 0.1) is 10.1 Å². The molecule has 1 fully saturated rings. The van der Waals surface area contributed by atoms with E-state index in [1.807, 2.05) is 30.4 Å². The molecule has 5 nitrogen and oxygen atoms in total. The highest BCUT2D eigenvalue weighted by molar-refractivity contribution is 6.03. The van der Waals surface area contributed by atoms with Crippen molar-refractivity contribution >= 4 is 17.5 Å². The largest absolute Gasteiger partial charge is 0.297 e. The zero-order chi connectivity index (χ0) is 15.5. The first-order chi connectivity index (χ1) is 10.6. The lowest BCUT2D eigenvalue weighted by Gasteiger charge is -1.96. The third-order valence-corrected chi connectivity index (χ3v) is 3.56. The van der Waals surface area contributed by atoms with Crippen LogP contribution in [0.15, 0.2) is 60.7 Å². The molecule has 0 amide bonds. The van der Waals surface area contributed by atoms with Crippen LogP contribution < -0.4 is 5.32 Å². The summed E-state index contributed by atoms with van der Waals surface area (Å²) in [7, 11) is 0. The summed E-state index contributed by atoms with van der Waals surface area (Å²) in [5.74, 6) is 0.0824. The number of ketones is 1. The quantitative estimate of drug-likeness (QED) is 0.398. The maximum absolute atomic E-state index is 12.2. The summed E-state index contributed by atoms with van der Waals surface area (Å²) < 4.78 is 0. The fourth-order valence-corrected chi connectivity index (χ4v) is 2.26. The standard InChI is InChI=1S/C17H14N2O3/c20-17(13-4-2-1-3-5-13)16-15(18-16)11-8-12-6-9-14(10-7-12)19(21)22/h1-11,15-16,18H/b11-8+/t15-,16+/m1/s1. The van der Waals surface area contributed by atoms with Crippen LogP contribution in [-0.2, 0) is 0 Å². The molecule has 110 valence electrons. The Morgan fingerprint density at radius 1 is 1.09 bits per heavy atom. The van der Waals surface area contributed by atoms with E-state index in [1.165, 1.54) is 12.1 Å². The maximum Gasteiger partial charge on any atom is 0.269 e. The lowest BCUT2D eigenvalue weighted by Crippen LogP contribution is -2.10. The van der Waals surface area contributed by atoms with Crippen LogP contribution in [0.4, 0.5) is 5.69 Å². The normalized spacial score (nSPS) is 20.0. The Balaban J connectivity index is 1.61. The van der Waals surface area contributed by atoms with Gasteiger partial charge in [0.15, 0.2) is 5.78 Å². The number of hydrogen-bond donors (Lipinski definition) is 1. The highest BCUT2D eigenvalue weighted by Gasteiger charge is 2.40. The molecule has 1 N–H and O–H groups in total.